The number of nitrogens with two attached hydrogens (primary N) is 1. The summed E-state index contributed by atoms with van der Waals surface area (Å²) in [4.78, 5) is 4.63. The summed E-state index contributed by atoms with van der Waals surface area (Å²) in [6.45, 7) is 3.32. The van der Waals surface area contributed by atoms with Gasteiger partial charge in [-0.15, -0.1) is 0 Å². The third kappa shape index (κ3) is 3.09. The van der Waals surface area contributed by atoms with E-state index in [0.717, 1.165) is 24.7 Å². The average molecular weight is 268 g/mol. The van der Waals surface area contributed by atoms with Gasteiger partial charge in [0.2, 0.25) is 0 Å². The first-order chi connectivity index (χ1) is 8.58. The van der Waals surface area contributed by atoms with Crippen molar-refractivity contribution in [2.75, 3.05) is 44.4 Å². The van der Waals surface area contributed by atoms with Gasteiger partial charge in [-0.2, -0.15) is 0 Å². The van der Waals surface area contributed by atoms with Crippen molar-refractivity contribution in [2.45, 2.75) is 12.8 Å². The van der Waals surface area contributed by atoms with E-state index in [9.17, 15) is 0 Å². The maximum absolute atomic E-state index is 6.07. The molecule has 1 fully saturated rings. The molecule has 4 heteroatoms. The maximum atomic E-state index is 6.07. The first-order valence-electron chi connectivity index (χ1n) is 6.51. The van der Waals surface area contributed by atoms with Gasteiger partial charge in [0, 0.05) is 19.6 Å². The third-order valence-corrected chi connectivity index (χ3v) is 3.94. The predicted octanol–water partition coefficient (Wildman–Crippen LogP) is 2.70. The fraction of sp³-hybridized carbons (Fsp3) is 0.571. The van der Waals surface area contributed by atoms with E-state index in [2.05, 4.69) is 30.0 Å². The number of halogens is 1. The van der Waals surface area contributed by atoms with Gasteiger partial charge in [0.05, 0.1) is 16.4 Å². The van der Waals surface area contributed by atoms with Crippen molar-refractivity contribution in [3.05, 3.63) is 23.2 Å². The Kier molecular flexibility index (Phi) is 4.36. The minimum absolute atomic E-state index is 0.655. The lowest BCUT2D eigenvalue weighted by atomic mass is 9.96. The summed E-state index contributed by atoms with van der Waals surface area (Å²) in [7, 11) is 4.28. The van der Waals surface area contributed by atoms with Gasteiger partial charge in [0.15, 0.2) is 0 Å². The number of hydrogen-bond acceptors (Lipinski definition) is 3. The van der Waals surface area contributed by atoms with Gasteiger partial charge in [0.1, 0.15) is 0 Å². The Morgan fingerprint density at radius 2 is 2.00 bits per heavy atom. The molecule has 0 atom stereocenters. The number of nitrogen functional groups attached to an aromatic ring is 1. The zero-order valence-electron chi connectivity index (χ0n) is 11.2. The van der Waals surface area contributed by atoms with Crippen LogP contribution in [-0.4, -0.2) is 38.6 Å². The van der Waals surface area contributed by atoms with E-state index in [1.165, 1.54) is 19.4 Å². The first-order valence-corrected chi connectivity index (χ1v) is 6.89. The predicted molar refractivity (Wildman–Crippen MR) is 79.4 cm³/mol. The molecule has 2 N–H and O–H groups in total. The Labute approximate surface area is 115 Å². The monoisotopic (exact) mass is 267 g/mol. The molecule has 0 aromatic heterocycles. The smallest absolute Gasteiger partial charge is 0.0741 e. The summed E-state index contributed by atoms with van der Waals surface area (Å²) < 4.78 is 0. The normalized spacial score (nSPS) is 17.4. The van der Waals surface area contributed by atoms with Crippen molar-refractivity contribution in [1.82, 2.24) is 4.90 Å². The zero-order chi connectivity index (χ0) is 13.1. The van der Waals surface area contributed by atoms with Gasteiger partial charge >= 0.3 is 0 Å². The van der Waals surface area contributed by atoms with E-state index in [1.807, 2.05) is 12.1 Å². The Morgan fingerprint density at radius 1 is 1.33 bits per heavy atom. The fourth-order valence-corrected chi connectivity index (χ4v) is 2.84. The van der Waals surface area contributed by atoms with Gasteiger partial charge in [-0.25, -0.2) is 0 Å². The van der Waals surface area contributed by atoms with E-state index in [0.29, 0.717) is 10.7 Å². The molecular formula is C14H22ClN3. The second-order valence-electron chi connectivity index (χ2n) is 5.37. The topological polar surface area (TPSA) is 32.5 Å². The molecule has 3 nitrogen and oxygen atoms in total. The molecule has 0 unspecified atom stereocenters. The highest BCUT2D eigenvalue weighted by atomic mass is 35.5. The largest absolute Gasteiger partial charge is 0.396 e. The minimum atomic E-state index is 0.655. The maximum Gasteiger partial charge on any atom is 0.0741 e. The van der Waals surface area contributed by atoms with Gasteiger partial charge in [0.25, 0.3) is 0 Å². The zero-order valence-corrected chi connectivity index (χ0v) is 12.0. The van der Waals surface area contributed by atoms with Crippen LogP contribution in [0.1, 0.15) is 12.8 Å². The van der Waals surface area contributed by atoms with Crippen molar-refractivity contribution in [1.29, 1.82) is 0 Å². The molecule has 0 bridgehead atoms. The summed E-state index contributed by atoms with van der Waals surface area (Å²) in [5.41, 5.74) is 7.85. The number of hydrogen-bond donors (Lipinski definition) is 1. The van der Waals surface area contributed by atoms with Crippen LogP contribution < -0.4 is 10.6 Å². The molecule has 1 aromatic rings. The van der Waals surface area contributed by atoms with E-state index >= 15 is 0 Å². The molecule has 0 aliphatic carbocycles. The lowest BCUT2D eigenvalue weighted by Gasteiger charge is -2.35. The number of rotatable bonds is 3. The van der Waals surface area contributed by atoms with Gasteiger partial charge in [-0.1, -0.05) is 17.7 Å². The molecule has 1 saturated heterocycles. The fourth-order valence-electron chi connectivity index (χ4n) is 2.67. The Hall–Kier alpha value is -0.930. The van der Waals surface area contributed by atoms with Crippen LogP contribution in [-0.2, 0) is 0 Å². The Morgan fingerprint density at radius 3 is 2.61 bits per heavy atom. The van der Waals surface area contributed by atoms with Crippen LogP contribution in [0.2, 0.25) is 5.02 Å². The lowest BCUT2D eigenvalue weighted by Crippen LogP contribution is -2.37. The lowest BCUT2D eigenvalue weighted by molar-refractivity contribution is 0.285. The number of nitrogens with zero attached hydrogens (tertiary/aromatic N) is 2. The molecule has 18 heavy (non-hydrogen) atoms. The summed E-state index contributed by atoms with van der Waals surface area (Å²) in [6.07, 6.45) is 2.45. The van der Waals surface area contributed by atoms with Crippen molar-refractivity contribution < 1.29 is 0 Å². The van der Waals surface area contributed by atoms with E-state index in [4.69, 9.17) is 17.3 Å². The molecular weight excluding hydrogens is 246 g/mol. The standard InChI is InChI=1S/C14H22ClN3/c1-17(2)10-11-6-8-18(9-7-11)13-5-3-4-12(15)14(13)16/h3-5,11H,6-10,16H2,1-2H3. The van der Waals surface area contributed by atoms with Crippen molar-refractivity contribution in [3.8, 4) is 0 Å². The minimum Gasteiger partial charge on any atom is -0.396 e. The molecule has 0 amide bonds. The van der Waals surface area contributed by atoms with Crippen molar-refractivity contribution in [3.63, 3.8) is 0 Å². The molecule has 0 spiro atoms. The van der Waals surface area contributed by atoms with Crippen LogP contribution in [0.5, 0.6) is 0 Å². The average Bonchev–Trinajstić information content (AvgIpc) is 2.33. The van der Waals surface area contributed by atoms with E-state index < -0.39 is 0 Å². The number of benzene rings is 1. The SMILES string of the molecule is CN(C)CC1CCN(c2cccc(Cl)c2N)CC1. The quantitative estimate of drug-likeness (QED) is 0.855. The second-order valence-corrected chi connectivity index (χ2v) is 5.77. The van der Waals surface area contributed by atoms with Gasteiger partial charge in [-0.05, 0) is 45.0 Å². The van der Waals surface area contributed by atoms with Crippen molar-refractivity contribution in [2.24, 2.45) is 5.92 Å². The van der Waals surface area contributed by atoms with E-state index in [1.54, 1.807) is 0 Å². The highest BCUT2D eigenvalue weighted by molar-refractivity contribution is 6.33. The van der Waals surface area contributed by atoms with Gasteiger partial charge in [-0.3, -0.25) is 0 Å². The van der Waals surface area contributed by atoms with Crippen LogP contribution >= 0.6 is 11.6 Å². The molecule has 1 aliphatic heterocycles. The number of para-hydroxylation sites is 1. The van der Waals surface area contributed by atoms with Crippen LogP contribution in [0, 0.1) is 5.92 Å². The molecule has 1 aliphatic rings. The number of piperidine rings is 1. The summed E-state index contributed by atoms with van der Waals surface area (Å²) in [5, 5.41) is 0.655. The molecule has 1 aromatic carbocycles. The van der Waals surface area contributed by atoms with Crippen LogP contribution in [0.15, 0.2) is 18.2 Å². The first kappa shape index (κ1) is 13.5. The Balaban J connectivity index is 1.99. The summed E-state index contributed by atoms with van der Waals surface area (Å²) >= 11 is 6.07. The van der Waals surface area contributed by atoms with Crippen LogP contribution in [0.25, 0.3) is 0 Å². The molecule has 0 saturated carbocycles. The van der Waals surface area contributed by atoms with Gasteiger partial charge < -0.3 is 15.5 Å². The van der Waals surface area contributed by atoms with Crippen LogP contribution in [0.4, 0.5) is 11.4 Å². The highest BCUT2D eigenvalue weighted by Crippen LogP contribution is 2.32. The summed E-state index contributed by atoms with van der Waals surface area (Å²) in [5.74, 6) is 0.802. The second kappa shape index (κ2) is 5.81. The molecule has 2 rings (SSSR count). The van der Waals surface area contributed by atoms with E-state index in [-0.39, 0.29) is 0 Å². The molecule has 100 valence electrons. The highest BCUT2D eigenvalue weighted by Gasteiger charge is 2.21. The molecule has 0 radical (unpaired) electrons. The molecule has 1 heterocycles. The Bertz CT molecular complexity index is 398. The van der Waals surface area contributed by atoms with Crippen molar-refractivity contribution >= 4 is 23.0 Å². The number of anilines is 2. The summed E-state index contributed by atoms with van der Waals surface area (Å²) in [6, 6.07) is 5.88. The third-order valence-electron chi connectivity index (χ3n) is 3.61. The van der Waals surface area contributed by atoms with Crippen LogP contribution in [0.3, 0.4) is 0 Å².